The third-order valence-electron chi connectivity index (χ3n) is 3.60. The number of nitrogens with two attached hydrogens (primary N) is 1. The summed E-state index contributed by atoms with van der Waals surface area (Å²) < 4.78 is 0. The lowest BCUT2D eigenvalue weighted by Gasteiger charge is -2.16. The number of nitrogens with zero attached hydrogens (tertiary/aromatic N) is 1. The predicted molar refractivity (Wildman–Crippen MR) is 76.5 cm³/mol. The Balaban J connectivity index is 1.73. The molecule has 4 heteroatoms. The fourth-order valence-corrected chi connectivity index (χ4v) is 2.47. The van der Waals surface area contributed by atoms with Gasteiger partial charge in [-0.3, -0.25) is 9.69 Å². The minimum Gasteiger partial charge on any atom is -0.354 e. The number of carbonyl (C=O) groups is 1. The van der Waals surface area contributed by atoms with Gasteiger partial charge in [-0.05, 0) is 31.4 Å². The van der Waals surface area contributed by atoms with Gasteiger partial charge >= 0.3 is 0 Å². The zero-order chi connectivity index (χ0) is 13.7. The molecule has 1 aromatic carbocycles. The first-order chi connectivity index (χ1) is 9.15. The number of hydrogen-bond acceptors (Lipinski definition) is 3. The molecular weight excluding hydrogens is 238 g/mol. The lowest BCUT2D eigenvalue weighted by Crippen LogP contribution is -2.40. The van der Waals surface area contributed by atoms with Crippen molar-refractivity contribution in [2.24, 2.45) is 11.7 Å². The Morgan fingerprint density at radius 3 is 2.89 bits per heavy atom. The fraction of sp³-hybridized carbons (Fsp3) is 0.533. The normalized spacial score (nSPS) is 21.3. The Bertz CT molecular complexity index is 405. The fourth-order valence-electron chi connectivity index (χ4n) is 2.47. The quantitative estimate of drug-likeness (QED) is 0.830. The van der Waals surface area contributed by atoms with Crippen molar-refractivity contribution in [1.29, 1.82) is 0 Å². The molecular formula is C15H23N3O. The summed E-state index contributed by atoms with van der Waals surface area (Å²) in [7, 11) is 0. The van der Waals surface area contributed by atoms with Crippen LogP contribution < -0.4 is 11.1 Å². The highest BCUT2D eigenvalue weighted by Crippen LogP contribution is 2.17. The van der Waals surface area contributed by atoms with Crippen molar-refractivity contribution in [3.05, 3.63) is 35.9 Å². The standard InChI is InChI=1S/C15H23N3O/c1-12(16)15(19)17-9-14-7-8-18(11-14)10-13-5-3-2-4-6-13/h2-6,12,14H,7-11,16H2,1H3,(H,17,19). The Morgan fingerprint density at radius 1 is 1.47 bits per heavy atom. The van der Waals surface area contributed by atoms with Gasteiger partial charge in [-0.25, -0.2) is 0 Å². The number of likely N-dealkylation sites (tertiary alicyclic amines) is 1. The average molecular weight is 261 g/mol. The van der Waals surface area contributed by atoms with Gasteiger partial charge in [0.15, 0.2) is 0 Å². The monoisotopic (exact) mass is 261 g/mol. The van der Waals surface area contributed by atoms with Gasteiger partial charge in [0.05, 0.1) is 6.04 Å². The SMILES string of the molecule is CC(N)C(=O)NCC1CCN(Cc2ccccc2)C1. The highest BCUT2D eigenvalue weighted by Gasteiger charge is 2.23. The van der Waals surface area contributed by atoms with Crippen LogP contribution >= 0.6 is 0 Å². The summed E-state index contributed by atoms with van der Waals surface area (Å²) in [6.07, 6.45) is 1.14. The summed E-state index contributed by atoms with van der Waals surface area (Å²) in [5.41, 5.74) is 6.88. The van der Waals surface area contributed by atoms with Crippen LogP contribution in [0.3, 0.4) is 0 Å². The van der Waals surface area contributed by atoms with Gasteiger partial charge in [0, 0.05) is 19.6 Å². The van der Waals surface area contributed by atoms with Crippen LogP contribution in [0.2, 0.25) is 0 Å². The van der Waals surface area contributed by atoms with Crippen LogP contribution in [0.5, 0.6) is 0 Å². The van der Waals surface area contributed by atoms with Crippen molar-refractivity contribution in [3.63, 3.8) is 0 Å². The first-order valence-electron chi connectivity index (χ1n) is 6.94. The zero-order valence-corrected chi connectivity index (χ0v) is 11.5. The van der Waals surface area contributed by atoms with Crippen LogP contribution in [0.1, 0.15) is 18.9 Å². The largest absolute Gasteiger partial charge is 0.354 e. The molecule has 1 aromatic rings. The Labute approximate surface area is 115 Å². The van der Waals surface area contributed by atoms with E-state index in [1.807, 2.05) is 6.07 Å². The number of benzene rings is 1. The third-order valence-corrected chi connectivity index (χ3v) is 3.60. The molecule has 1 heterocycles. The van der Waals surface area contributed by atoms with Gasteiger partial charge in [-0.2, -0.15) is 0 Å². The number of amides is 1. The molecule has 104 valence electrons. The molecule has 0 aliphatic carbocycles. The van der Waals surface area contributed by atoms with Crippen molar-refractivity contribution in [2.45, 2.75) is 25.9 Å². The average Bonchev–Trinajstić information content (AvgIpc) is 2.84. The lowest BCUT2D eigenvalue weighted by atomic mass is 10.1. The van der Waals surface area contributed by atoms with E-state index in [2.05, 4.69) is 34.5 Å². The van der Waals surface area contributed by atoms with Crippen LogP contribution in [0.25, 0.3) is 0 Å². The Kier molecular flexibility index (Phi) is 4.93. The van der Waals surface area contributed by atoms with Gasteiger partial charge in [0.1, 0.15) is 0 Å². The molecule has 19 heavy (non-hydrogen) atoms. The molecule has 2 rings (SSSR count). The van der Waals surface area contributed by atoms with Crippen LogP contribution in [0.4, 0.5) is 0 Å². The molecule has 1 saturated heterocycles. The Hall–Kier alpha value is -1.39. The molecule has 1 amide bonds. The van der Waals surface area contributed by atoms with Crippen LogP contribution in [-0.4, -0.2) is 36.5 Å². The second-order valence-corrected chi connectivity index (χ2v) is 5.41. The molecule has 2 atom stereocenters. The molecule has 1 fully saturated rings. The molecule has 4 nitrogen and oxygen atoms in total. The summed E-state index contributed by atoms with van der Waals surface area (Å²) >= 11 is 0. The number of hydrogen-bond donors (Lipinski definition) is 2. The maximum atomic E-state index is 11.4. The topological polar surface area (TPSA) is 58.4 Å². The maximum absolute atomic E-state index is 11.4. The molecule has 0 bridgehead atoms. The lowest BCUT2D eigenvalue weighted by molar-refractivity contribution is -0.122. The summed E-state index contributed by atoms with van der Waals surface area (Å²) in [4.78, 5) is 13.9. The van der Waals surface area contributed by atoms with E-state index in [0.29, 0.717) is 5.92 Å². The molecule has 1 aliphatic rings. The summed E-state index contributed by atoms with van der Waals surface area (Å²) in [6, 6.07) is 10.1. The minimum absolute atomic E-state index is 0.0542. The van der Waals surface area contributed by atoms with E-state index in [1.54, 1.807) is 6.92 Å². The van der Waals surface area contributed by atoms with Crippen molar-refractivity contribution < 1.29 is 4.79 Å². The van der Waals surface area contributed by atoms with Crippen molar-refractivity contribution in [2.75, 3.05) is 19.6 Å². The molecule has 3 N–H and O–H groups in total. The molecule has 0 spiro atoms. The third kappa shape index (κ3) is 4.33. The molecule has 0 saturated carbocycles. The number of carbonyl (C=O) groups excluding carboxylic acids is 1. The smallest absolute Gasteiger partial charge is 0.236 e. The Morgan fingerprint density at radius 2 is 2.21 bits per heavy atom. The zero-order valence-electron chi connectivity index (χ0n) is 11.5. The van der Waals surface area contributed by atoms with Gasteiger partial charge in [0.25, 0.3) is 0 Å². The first-order valence-corrected chi connectivity index (χ1v) is 6.94. The highest BCUT2D eigenvalue weighted by molar-refractivity contribution is 5.80. The van der Waals surface area contributed by atoms with E-state index >= 15 is 0 Å². The molecule has 2 unspecified atom stereocenters. The molecule has 1 aliphatic heterocycles. The second kappa shape index (κ2) is 6.68. The van der Waals surface area contributed by atoms with E-state index in [4.69, 9.17) is 5.73 Å². The minimum atomic E-state index is -0.415. The highest BCUT2D eigenvalue weighted by atomic mass is 16.2. The van der Waals surface area contributed by atoms with E-state index in [1.165, 1.54) is 5.56 Å². The molecule has 0 radical (unpaired) electrons. The number of nitrogens with one attached hydrogen (secondary N) is 1. The van der Waals surface area contributed by atoms with Gasteiger partial charge in [-0.1, -0.05) is 30.3 Å². The van der Waals surface area contributed by atoms with E-state index in [0.717, 1.165) is 32.6 Å². The van der Waals surface area contributed by atoms with Gasteiger partial charge in [0.2, 0.25) is 5.91 Å². The number of rotatable bonds is 5. The van der Waals surface area contributed by atoms with Crippen LogP contribution in [0, 0.1) is 5.92 Å². The van der Waals surface area contributed by atoms with E-state index in [-0.39, 0.29) is 5.91 Å². The van der Waals surface area contributed by atoms with E-state index < -0.39 is 6.04 Å². The van der Waals surface area contributed by atoms with Gasteiger partial charge in [-0.15, -0.1) is 0 Å². The summed E-state index contributed by atoms with van der Waals surface area (Å²) in [6.45, 7) is 5.61. The summed E-state index contributed by atoms with van der Waals surface area (Å²) in [5.74, 6) is 0.493. The maximum Gasteiger partial charge on any atom is 0.236 e. The summed E-state index contributed by atoms with van der Waals surface area (Å²) in [5, 5.41) is 2.92. The van der Waals surface area contributed by atoms with Crippen LogP contribution in [-0.2, 0) is 11.3 Å². The van der Waals surface area contributed by atoms with E-state index in [9.17, 15) is 4.79 Å². The van der Waals surface area contributed by atoms with Crippen LogP contribution in [0.15, 0.2) is 30.3 Å². The van der Waals surface area contributed by atoms with Crippen molar-refractivity contribution >= 4 is 5.91 Å². The van der Waals surface area contributed by atoms with Crippen molar-refractivity contribution in [3.8, 4) is 0 Å². The second-order valence-electron chi connectivity index (χ2n) is 5.41. The van der Waals surface area contributed by atoms with Crippen molar-refractivity contribution in [1.82, 2.24) is 10.2 Å². The first kappa shape index (κ1) is 14.0. The molecule has 0 aromatic heterocycles. The van der Waals surface area contributed by atoms with Gasteiger partial charge < -0.3 is 11.1 Å². The predicted octanol–water partition coefficient (Wildman–Crippen LogP) is 0.972.